The molecule has 1 aromatic heterocycles. The first-order valence-electron chi connectivity index (χ1n) is 7.02. The molecule has 4 heteroatoms. The van der Waals surface area contributed by atoms with Gasteiger partial charge >= 0.3 is 0 Å². The maximum Gasteiger partial charge on any atom is 0.142 e. The number of Topliss-reactive ketones (excluding diaryl/α,β-unsaturated/α-hetero) is 1. The molecule has 0 spiro atoms. The molecular weight excluding hydrogens is 256 g/mol. The summed E-state index contributed by atoms with van der Waals surface area (Å²) in [6.07, 6.45) is 3.26. The molecule has 1 unspecified atom stereocenters. The van der Waals surface area contributed by atoms with Gasteiger partial charge in [0.1, 0.15) is 5.78 Å². The maximum atomic E-state index is 12.4. The molecule has 1 heterocycles. The molecule has 1 fully saturated rings. The second-order valence-corrected chi connectivity index (χ2v) is 7.45. The molecule has 2 rings (SSSR count). The zero-order valence-corrected chi connectivity index (χ0v) is 13.2. The average Bonchev–Trinajstić information content (AvgIpc) is 2.70. The molecule has 0 bridgehead atoms. The molecule has 1 aromatic rings. The third-order valence-electron chi connectivity index (χ3n) is 4.02. The van der Waals surface area contributed by atoms with E-state index < -0.39 is 0 Å². The minimum Gasteiger partial charge on any atom is -0.300 e. The van der Waals surface area contributed by atoms with E-state index in [9.17, 15) is 4.79 Å². The molecular formula is C15H24N2OS. The number of ketones is 1. The Hall–Kier alpha value is -0.740. The van der Waals surface area contributed by atoms with Crippen molar-refractivity contribution < 1.29 is 4.79 Å². The predicted octanol–water partition coefficient (Wildman–Crippen LogP) is 3.28. The number of carbonyl (C=O) groups excluding carboxylic acids is 1. The van der Waals surface area contributed by atoms with Gasteiger partial charge in [0.2, 0.25) is 0 Å². The Morgan fingerprint density at radius 3 is 2.89 bits per heavy atom. The van der Waals surface area contributed by atoms with Crippen LogP contribution in [0.2, 0.25) is 0 Å². The molecule has 1 aliphatic carbocycles. The first-order valence-corrected chi connectivity index (χ1v) is 7.90. The highest BCUT2D eigenvalue weighted by Crippen LogP contribution is 2.35. The number of aromatic nitrogens is 1. The quantitative estimate of drug-likeness (QED) is 0.848. The van der Waals surface area contributed by atoms with Crippen LogP contribution in [0.1, 0.15) is 43.8 Å². The van der Waals surface area contributed by atoms with Crippen molar-refractivity contribution in [3.8, 4) is 0 Å². The van der Waals surface area contributed by atoms with Crippen LogP contribution in [0.3, 0.4) is 0 Å². The fourth-order valence-electron chi connectivity index (χ4n) is 2.97. The summed E-state index contributed by atoms with van der Waals surface area (Å²) in [5.41, 5.74) is 0.994. The zero-order chi connectivity index (χ0) is 14.0. The number of carbonyl (C=O) groups is 1. The Kier molecular flexibility index (Phi) is 4.41. The van der Waals surface area contributed by atoms with Crippen LogP contribution in [0, 0.1) is 18.3 Å². The summed E-state index contributed by atoms with van der Waals surface area (Å²) in [5.74, 6) is 0.647. The first-order chi connectivity index (χ1) is 8.88. The van der Waals surface area contributed by atoms with Crippen LogP contribution in [-0.2, 0) is 11.3 Å². The summed E-state index contributed by atoms with van der Waals surface area (Å²) in [6.45, 7) is 7.91. The maximum absolute atomic E-state index is 12.4. The van der Waals surface area contributed by atoms with Gasteiger partial charge in [0.15, 0.2) is 0 Å². The summed E-state index contributed by atoms with van der Waals surface area (Å²) in [5, 5.41) is 3.22. The van der Waals surface area contributed by atoms with Gasteiger partial charge in [-0.15, -0.1) is 11.3 Å². The molecule has 0 aliphatic heterocycles. The molecule has 19 heavy (non-hydrogen) atoms. The number of thiazole rings is 1. The van der Waals surface area contributed by atoms with Crippen LogP contribution in [-0.4, -0.2) is 29.3 Å². The minimum atomic E-state index is -0.124. The topological polar surface area (TPSA) is 33.2 Å². The van der Waals surface area contributed by atoms with Gasteiger partial charge < -0.3 is 0 Å². The van der Waals surface area contributed by atoms with Crippen LogP contribution < -0.4 is 0 Å². The van der Waals surface area contributed by atoms with Gasteiger partial charge in [0.25, 0.3) is 0 Å². The number of hydrogen-bond acceptors (Lipinski definition) is 4. The van der Waals surface area contributed by atoms with Crippen molar-refractivity contribution in [2.45, 2.75) is 46.6 Å². The fraction of sp³-hybridized carbons (Fsp3) is 0.733. The van der Waals surface area contributed by atoms with E-state index in [4.69, 9.17) is 0 Å². The van der Waals surface area contributed by atoms with Crippen molar-refractivity contribution in [3.05, 3.63) is 16.1 Å². The molecule has 106 valence electrons. The molecule has 1 aliphatic rings. The number of nitrogens with zero attached hydrogens (tertiary/aromatic N) is 2. The molecule has 0 N–H and O–H groups in total. The van der Waals surface area contributed by atoms with E-state index in [-0.39, 0.29) is 11.3 Å². The second kappa shape index (κ2) is 5.71. The summed E-state index contributed by atoms with van der Waals surface area (Å²) < 4.78 is 0. The monoisotopic (exact) mass is 280 g/mol. The zero-order valence-electron chi connectivity index (χ0n) is 12.4. The van der Waals surface area contributed by atoms with Crippen molar-refractivity contribution in [2.75, 3.05) is 13.6 Å². The Balaban J connectivity index is 1.91. The number of hydrogen-bond donors (Lipinski definition) is 0. The second-order valence-electron chi connectivity index (χ2n) is 6.39. The van der Waals surface area contributed by atoms with Gasteiger partial charge in [-0.25, -0.2) is 4.98 Å². The lowest BCUT2D eigenvalue weighted by atomic mass is 9.71. The highest BCUT2D eigenvalue weighted by Gasteiger charge is 2.37. The van der Waals surface area contributed by atoms with E-state index in [1.807, 2.05) is 6.92 Å². The van der Waals surface area contributed by atoms with E-state index in [1.165, 1.54) is 6.42 Å². The van der Waals surface area contributed by atoms with Crippen molar-refractivity contribution in [2.24, 2.45) is 11.3 Å². The lowest BCUT2D eigenvalue weighted by Gasteiger charge is -2.35. The van der Waals surface area contributed by atoms with E-state index in [0.29, 0.717) is 5.78 Å². The van der Waals surface area contributed by atoms with Crippen molar-refractivity contribution in [3.63, 3.8) is 0 Å². The summed E-state index contributed by atoms with van der Waals surface area (Å²) in [6, 6.07) is 0. The lowest BCUT2D eigenvalue weighted by Crippen LogP contribution is -2.40. The van der Waals surface area contributed by atoms with Gasteiger partial charge in [-0.1, -0.05) is 20.3 Å². The van der Waals surface area contributed by atoms with Crippen molar-refractivity contribution in [1.29, 1.82) is 0 Å². The van der Waals surface area contributed by atoms with Crippen molar-refractivity contribution in [1.82, 2.24) is 9.88 Å². The van der Waals surface area contributed by atoms with Gasteiger partial charge in [-0.2, -0.15) is 0 Å². The summed E-state index contributed by atoms with van der Waals surface area (Å²) >= 11 is 1.69. The van der Waals surface area contributed by atoms with E-state index in [1.54, 1.807) is 11.3 Å². The molecule has 3 nitrogen and oxygen atoms in total. The van der Waals surface area contributed by atoms with E-state index >= 15 is 0 Å². The predicted molar refractivity (Wildman–Crippen MR) is 79.3 cm³/mol. The Morgan fingerprint density at radius 1 is 1.53 bits per heavy atom. The lowest BCUT2D eigenvalue weighted by molar-refractivity contribution is -0.134. The average molecular weight is 280 g/mol. The molecule has 0 radical (unpaired) electrons. The van der Waals surface area contributed by atoms with Crippen LogP contribution in [0.15, 0.2) is 5.38 Å². The number of aryl methyl sites for hydroxylation is 1. The molecule has 1 atom stereocenters. The third-order valence-corrected chi connectivity index (χ3v) is 4.85. The molecule has 0 amide bonds. The highest BCUT2D eigenvalue weighted by atomic mass is 32.1. The van der Waals surface area contributed by atoms with Crippen LogP contribution >= 0.6 is 11.3 Å². The molecule has 1 saturated carbocycles. The first kappa shape index (κ1) is 14.7. The third kappa shape index (κ3) is 3.63. The van der Waals surface area contributed by atoms with Crippen LogP contribution in [0.25, 0.3) is 0 Å². The minimum absolute atomic E-state index is 0.124. The highest BCUT2D eigenvalue weighted by molar-refractivity contribution is 7.09. The standard InChI is InChI=1S/C15H24N2OS/c1-11-16-13(10-19-11)9-17(4)8-12-6-5-7-15(2,3)14(12)18/h10,12H,5-9H2,1-4H3. The van der Waals surface area contributed by atoms with Gasteiger partial charge in [0, 0.05) is 29.8 Å². The summed E-state index contributed by atoms with van der Waals surface area (Å²) in [7, 11) is 2.09. The molecule has 0 aromatic carbocycles. The van der Waals surface area contributed by atoms with E-state index in [0.717, 1.165) is 36.6 Å². The van der Waals surface area contributed by atoms with Crippen LogP contribution in [0.4, 0.5) is 0 Å². The van der Waals surface area contributed by atoms with Crippen LogP contribution in [0.5, 0.6) is 0 Å². The van der Waals surface area contributed by atoms with Crippen molar-refractivity contribution >= 4 is 17.1 Å². The van der Waals surface area contributed by atoms with Gasteiger partial charge in [-0.3, -0.25) is 9.69 Å². The smallest absolute Gasteiger partial charge is 0.142 e. The summed E-state index contributed by atoms with van der Waals surface area (Å²) in [4.78, 5) is 19.1. The Bertz CT molecular complexity index is 453. The van der Waals surface area contributed by atoms with Gasteiger partial charge in [0.05, 0.1) is 10.7 Å². The Morgan fingerprint density at radius 2 is 2.26 bits per heavy atom. The van der Waals surface area contributed by atoms with E-state index in [2.05, 4.69) is 36.2 Å². The normalized spacial score (nSPS) is 23.0. The molecule has 0 saturated heterocycles. The number of rotatable bonds is 4. The fourth-order valence-corrected chi connectivity index (χ4v) is 3.57. The largest absolute Gasteiger partial charge is 0.300 e. The Labute approximate surface area is 120 Å². The SMILES string of the molecule is Cc1nc(CN(C)CC2CCCC(C)(C)C2=O)cs1. The van der Waals surface area contributed by atoms with Gasteiger partial charge in [-0.05, 0) is 26.8 Å².